The number of amides is 1. The lowest BCUT2D eigenvalue weighted by Gasteiger charge is -2.24. The summed E-state index contributed by atoms with van der Waals surface area (Å²) in [5, 5.41) is 9.00. The summed E-state index contributed by atoms with van der Waals surface area (Å²) in [4.78, 5) is 31.9. The van der Waals surface area contributed by atoms with Crippen LogP contribution in [0.25, 0.3) is 5.57 Å². The number of hydrogen-bond acceptors (Lipinski definition) is 6. The van der Waals surface area contributed by atoms with Crippen molar-refractivity contribution in [3.63, 3.8) is 0 Å². The Hall–Kier alpha value is -2.35. The number of nitrogens with zero attached hydrogens (tertiary/aromatic N) is 3. The van der Waals surface area contributed by atoms with E-state index in [1.807, 2.05) is 0 Å². The number of rotatable bonds is 3. The molecule has 0 saturated heterocycles. The lowest BCUT2D eigenvalue weighted by molar-refractivity contribution is -0.130. The Morgan fingerprint density at radius 2 is 2.00 bits per heavy atom. The van der Waals surface area contributed by atoms with E-state index in [4.69, 9.17) is 27.2 Å². The first-order valence-corrected chi connectivity index (χ1v) is 6.60. The van der Waals surface area contributed by atoms with E-state index in [1.165, 1.54) is 13.1 Å². The van der Waals surface area contributed by atoms with Crippen molar-refractivity contribution in [2.45, 2.75) is 26.4 Å². The first-order valence-electron chi connectivity index (χ1n) is 6.22. The highest BCUT2D eigenvalue weighted by molar-refractivity contribution is 6.30. The van der Waals surface area contributed by atoms with Crippen LogP contribution < -0.4 is 10.6 Å². The Bertz CT molecular complexity index is 625. The van der Waals surface area contributed by atoms with E-state index in [2.05, 4.69) is 9.97 Å². The zero-order chi connectivity index (χ0) is 17.1. The van der Waals surface area contributed by atoms with Gasteiger partial charge in [0.1, 0.15) is 22.1 Å². The Morgan fingerprint density at radius 3 is 2.45 bits per heavy atom. The minimum atomic E-state index is -1.31. The lowest BCUT2D eigenvalue weighted by atomic mass is 10.2. The molecule has 0 saturated carbocycles. The van der Waals surface area contributed by atoms with Crippen molar-refractivity contribution in [3.05, 3.63) is 23.2 Å². The van der Waals surface area contributed by atoms with Gasteiger partial charge in [0, 0.05) is 19.3 Å². The van der Waals surface area contributed by atoms with Crippen LogP contribution in [0, 0.1) is 0 Å². The molecule has 0 aliphatic carbocycles. The maximum atomic E-state index is 12.0. The van der Waals surface area contributed by atoms with Gasteiger partial charge in [-0.15, -0.1) is 0 Å². The monoisotopic (exact) mass is 328 g/mol. The maximum absolute atomic E-state index is 12.0. The summed E-state index contributed by atoms with van der Waals surface area (Å²) in [6, 6.07) is 1.31. The number of nitrogens with two attached hydrogens (primary N) is 1. The lowest BCUT2D eigenvalue weighted by Crippen LogP contribution is -2.34. The number of carbonyl (C=O) groups excluding carboxylic acids is 1. The van der Waals surface area contributed by atoms with Crippen LogP contribution in [0.3, 0.4) is 0 Å². The van der Waals surface area contributed by atoms with Gasteiger partial charge in [0.05, 0.1) is 0 Å². The van der Waals surface area contributed by atoms with Crippen LogP contribution in [0.5, 0.6) is 0 Å². The molecular weight excluding hydrogens is 312 g/mol. The number of carboxylic acids is 1. The van der Waals surface area contributed by atoms with Crippen LogP contribution in [0.15, 0.2) is 12.3 Å². The smallest absolute Gasteiger partial charge is 0.415 e. The fraction of sp³-hybridized carbons (Fsp3) is 0.385. The third-order valence-electron chi connectivity index (χ3n) is 2.33. The number of ether oxygens (including phenoxy) is 1. The number of hydrogen-bond donors (Lipinski definition) is 2. The first-order chi connectivity index (χ1) is 10.0. The van der Waals surface area contributed by atoms with Crippen LogP contribution in [-0.2, 0) is 9.53 Å². The Kier molecular flexibility index (Phi) is 5.32. The molecule has 0 radical (unpaired) electrons. The summed E-state index contributed by atoms with van der Waals surface area (Å²) in [5.74, 6) is -1.42. The molecule has 0 aliphatic rings. The number of halogens is 1. The van der Waals surface area contributed by atoms with Crippen LogP contribution in [0.2, 0.25) is 5.15 Å². The van der Waals surface area contributed by atoms with Gasteiger partial charge in [-0.1, -0.05) is 11.6 Å². The molecule has 0 unspecified atom stereocenters. The average Bonchev–Trinajstić information content (AvgIpc) is 2.35. The summed E-state index contributed by atoms with van der Waals surface area (Å²) < 4.78 is 5.20. The molecule has 120 valence electrons. The predicted molar refractivity (Wildman–Crippen MR) is 81.5 cm³/mol. The zero-order valence-corrected chi connectivity index (χ0v) is 13.4. The fourth-order valence-corrected chi connectivity index (χ4v) is 1.54. The van der Waals surface area contributed by atoms with Gasteiger partial charge >= 0.3 is 12.1 Å². The van der Waals surface area contributed by atoms with Gasteiger partial charge < -0.3 is 15.6 Å². The SMILES string of the molecule is CN(C(=O)OC(C)(C)C)c1cc(Cl)nc(/C(=C\N)C(=O)O)n1. The van der Waals surface area contributed by atoms with E-state index in [0.717, 1.165) is 11.1 Å². The number of aromatic nitrogens is 2. The molecule has 0 aliphatic heterocycles. The van der Waals surface area contributed by atoms with Crippen molar-refractivity contribution in [3.8, 4) is 0 Å². The topological polar surface area (TPSA) is 119 Å². The van der Waals surface area contributed by atoms with Gasteiger partial charge in [-0.3, -0.25) is 4.90 Å². The van der Waals surface area contributed by atoms with Crippen molar-refractivity contribution in [1.82, 2.24) is 9.97 Å². The third kappa shape index (κ3) is 4.59. The molecule has 1 aromatic heterocycles. The molecule has 3 N–H and O–H groups in total. The van der Waals surface area contributed by atoms with E-state index in [1.54, 1.807) is 20.8 Å². The normalized spacial score (nSPS) is 12.0. The van der Waals surface area contributed by atoms with E-state index in [-0.39, 0.29) is 22.4 Å². The second-order valence-corrected chi connectivity index (χ2v) is 5.68. The maximum Gasteiger partial charge on any atom is 0.415 e. The molecule has 0 spiro atoms. The van der Waals surface area contributed by atoms with Crippen molar-refractivity contribution < 1.29 is 19.4 Å². The third-order valence-corrected chi connectivity index (χ3v) is 2.52. The second-order valence-electron chi connectivity index (χ2n) is 5.30. The zero-order valence-electron chi connectivity index (χ0n) is 12.6. The molecule has 9 heteroatoms. The van der Waals surface area contributed by atoms with E-state index >= 15 is 0 Å². The second kappa shape index (κ2) is 6.61. The summed E-state index contributed by atoms with van der Waals surface area (Å²) in [5.41, 5.74) is 4.24. The van der Waals surface area contributed by atoms with Gasteiger partial charge in [-0.2, -0.15) is 0 Å². The largest absolute Gasteiger partial charge is 0.477 e. The molecule has 0 bridgehead atoms. The molecule has 0 atom stereocenters. The van der Waals surface area contributed by atoms with E-state index in [9.17, 15) is 9.59 Å². The average molecular weight is 329 g/mol. The molecule has 8 nitrogen and oxygen atoms in total. The van der Waals surface area contributed by atoms with E-state index < -0.39 is 17.7 Å². The fourth-order valence-electron chi connectivity index (χ4n) is 1.36. The molecule has 1 heterocycles. The molecule has 0 fully saturated rings. The highest BCUT2D eigenvalue weighted by atomic mass is 35.5. The summed E-state index contributed by atoms with van der Waals surface area (Å²) >= 11 is 5.85. The highest BCUT2D eigenvalue weighted by Crippen LogP contribution is 2.20. The summed E-state index contributed by atoms with van der Waals surface area (Å²) in [7, 11) is 1.42. The van der Waals surface area contributed by atoms with Crippen LogP contribution in [-0.4, -0.2) is 39.8 Å². The van der Waals surface area contributed by atoms with Crippen molar-refractivity contribution >= 4 is 35.1 Å². The van der Waals surface area contributed by atoms with Gasteiger partial charge in [0.15, 0.2) is 5.82 Å². The standard InChI is InChI=1S/C13H17ClN4O4/c1-13(2,3)22-12(21)18(4)9-5-8(14)16-10(17-9)7(6-15)11(19)20/h5-6H,15H2,1-4H3,(H,19,20)/b7-6+. The Balaban J connectivity index is 3.18. The minimum Gasteiger partial charge on any atom is -0.477 e. The van der Waals surface area contributed by atoms with Crippen molar-refractivity contribution in [2.24, 2.45) is 5.73 Å². The van der Waals surface area contributed by atoms with Crippen LogP contribution in [0.1, 0.15) is 26.6 Å². The molecular formula is C13H17ClN4O4. The molecule has 1 aromatic rings. The Labute approximate surface area is 132 Å². The summed E-state index contributed by atoms with van der Waals surface area (Å²) in [6.45, 7) is 5.16. The number of anilines is 1. The van der Waals surface area contributed by atoms with Crippen LogP contribution in [0.4, 0.5) is 10.6 Å². The van der Waals surface area contributed by atoms with E-state index in [0.29, 0.717) is 0 Å². The quantitative estimate of drug-likeness (QED) is 0.642. The van der Waals surface area contributed by atoms with Crippen LogP contribution >= 0.6 is 11.6 Å². The molecule has 1 rings (SSSR count). The molecule has 22 heavy (non-hydrogen) atoms. The predicted octanol–water partition coefficient (Wildman–Crippen LogP) is 1.89. The van der Waals surface area contributed by atoms with Gasteiger partial charge in [0.25, 0.3) is 0 Å². The first kappa shape index (κ1) is 17.7. The van der Waals surface area contributed by atoms with Gasteiger partial charge in [-0.05, 0) is 20.8 Å². The number of aliphatic carboxylic acids is 1. The van der Waals surface area contributed by atoms with Crippen molar-refractivity contribution in [2.75, 3.05) is 11.9 Å². The van der Waals surface area contributed by atoms with Gasteiger partial charge in [0.2, 0.25) is 0 Å². The number of carboxylic acid groups (broad SMARTS) is 1. The molecule has 1 amide bonds. The molecule has 0 aromatic carbocycles. The van der Waals surface area contributed by atoms with Crippen molar-refractivity contribution in [1.29, 1.82) is 0 Å². The minimum absolute atomic E-state index is 0.0315. The number of carbonyl (C=O) groups is 2. The summed E-state index contributed by atoms with van der Waals surface area (Å²) in [6.07, 6.45) is 0.187. The highest BCUT2D eigenvalue weighted by Gasteiger charge is 2.23. The van der Waals surface area contributed by atoms with Gasteiger partial charge in [-0.25, -0.2) is 19.6 Å². The Morgan fingerprint density at radius 1 is 1.41 bits per heavy atom.